The van der Waals surface area contributed by atoms with E-state index in [2.05, 4.69) is 20.6 Å². The number of H-pyrrole nitrogens is 1. The number of unbranched alkanes of at least 4 members (excludes halogenated alkanes) is 1. The molecule has 0 bridgehead atoms. The van der Waals surface area contributed by atoms with Crippen LogP contribution < -0.4 is 27.8 Å². The molecule has 1 aliphatic heterocycles. The Bertz CT molecular complexity index is 892. The normalized spacial score (nSPS) is 17.9. The Hall–Kier alpha value is -3.52. The zero-order valence-corrected chi connectivity index (χ0v) is 19.4. The van der Waals surface area contributed by atoms with Gasteiger partial charge < -0.3 is 42.8 Å². The first-order chi connectivity index (χ1) is 16.6. The standard InChI is InChI=1S/C21H34N8O6/c22-6-2-1-4-14(27-18(31)13(23)8-12-10-25-11-26-12)20(33)29-7-3-5-16(29)19(32)28-15(21(34)35)9-17(24)30/h10-11,13-16H,1-9,22-23H2,(H2,24,30)(H,25,26)(H,27,31)(H,28,32)(H,34,35). The number of carboxylic acid groups (broad SMARTS) is 1. The Kier molecular flexibility index (Phi) is 10.6. The number of nitrogens with zero attached hydrogens (tertiary/aromatic N) is 2. The van der Waals surface area contributed by atoms with Gasteiger partial charge in [0.2, 0.25) is 23.6 Å². The Morgan fingerprint density at radius 3 is 2.54 bits per heavy atom. The van der Waals surface area contributed by atoms with Crippen molar-refractivity contribution in [1.82, 2.24) is 25.5 Å². The Balaban J connectivity index is 2.09. The van der Waals surface area contributed by atoms with E-state index < -0.39 is 60.2 Å². The third kappa shape index (κ3) is 8.33. The molecule has 2 heterocycles. The van der Waals surface area contributed by atoms with Gasteiger partial charge >= 0.3 is 5.97 Å². The molecule has 4 atom stereocenters. The summed E-state index contributed by atoms with van der Waals surface area (Å²) in [7, 11) is 0. The molecule has 1 saturated heterocycles. The summed E-state index contributed by atoms with van der Waals surface area (Å²) in [6.45, 7) is 0.674. The number of rotatable bonds is 14. The van der Waals surface area contributed by atoms with Gasteiger partial charge in [0.05, 0.1) is 18.8 Å². The number of amides is 4. The topological polar surface area (TPSA) is 240 Å². The molecule has 14 nitrogen and oxygen atoms in total. The van der Waals surface area contributed by atoms with E-state index in [1.807, 2.05) is 0 Å². The second kappa shape index (κ2) is 13.4. The number of likely N-dealkylation sites (tertiary alicyclic amines) is 1. The molecule has 1 aromatic rings. The number of hydrogen-bond acceptors (Lipinski definition) is 8. The second-order valence-electron chi connectivity index (χ2n) is 8.49. The number of nitrogens with one attached hydrogen (secondary N) is 3. The highest BCUT2D eigenvalue weighted by Gasteiger charge is 2.39. The zero-order chi connectivity index (χ0) is 26.0. The van der Waals surface area contributed by atoms with Crippen molar-refractivity contribution < 1.29 is 29.1 Å². The van der Waals surface area contributed by atoms with Gasteiger partial charge in [-0.05, 0) is 38.6 Å². The highest BCUT2D eigenvalue weighted by Crippen LogP contribution is 2.20. The third-order valence-electron chi connectivity index (χ3n) is 5.75. The molecule has 14 heteroatoms. The molecule has 10 N–H and O–H groups in total. The average molecular weight is 495 g/mol. The number of primary amides is 1. The summed E-state index contributed by atoms with van der Waals surface area (Å²) in [5.74, 6) is -3.99. The molecule has 1 aromatic heterocycles. The number of nitrogens with two attached hydrogens (primary N) is 3. The minimum Gasteiger partial charge on any atom is -0.480 e. The van der Waals surface area contributed by atoms with Crippen molar-refractivity contribution in [3.05, 3.63) is 18.2 Å². The van der Waals surface area contributed by atoms with Crippen LogP contribution >= 0.6 is 0 Å². The van der Waals surface area contributed by atoms with Gasteiger partial charge in [0.15, 0.2) is 0 Å². The van der Waals surface area contributed by atoms with E-state index in [4.69, 9.17) is 17.2 Å². The van der Waals surface area contributed by atoms with Gasteiger partial charge in [0, 0.05) is 24.9 Å². The van der Waals surface area contributed by atoms with Crippen LogP contribution in [-0.2, 0) is 30.4 Å². The number of carbonyl (C=O) groups is 5. The minimum atomic E-state index is -1.50. The van der Waals surface area contributed by atoms with E-state index in [-0.39, 0.29) is 13.0 Å². The Labute approximate surface area is 202 Å². The molecule has 35 heavy (non-hydrogen) atoms. The predicted molar refractivity (Wildman–Crippen MR) is 123 cm³/mol. The van der Waals surface area contributed by atoms with Crippen LogP contribution in [0.5, 0.6) is 0 Å². The molecule has 1 fully saturated rings. The molecular formula is C21H34N8O6. The highest BCUT2D eigenvalue weighted by molar-refractivity contribution is 5.95. The molecule has 0 radical (unpaired) electrons. The fourth-order valence-electron chi connectivity index (χ4n) is 3.93. The summed E-state index contributed by atoms with van der Waals surface area (Å²) in [5.41, 5.74) is 17.3. The summed E-state index contributed by atoms with van der Waals surface area (Å²) in [6.07, 6.45) is 4.95. The summed E-state index contributed by atoms with van der Waals surface area (Å²) < 4.78 is 0. The van der Waals surface area contributed by atoms with Crippen LogP contribution in [0.2, 0.25) is 0 Å². The van der Waals surface area contributed by atoms with Gasteiger partial charge in [-0.15, -0.1) is 0 Å². The largest absolute Gasteiger partial charge is 0.480 e. The maximum Gasteiger partial charge on any atom is 0.326 e. The molecule has 0 saturated carbocycles. The summed E-state index contributed by atoms with van der Waals surface area (Å²) >= 11 is 0. The van der Waals surface area contributed by atoms with Gasteiger partial charge in [-0.2, -0.15) is 0 Å². The number of carboxylic acids is 1. The first kappa shape index (κ1) is 27.7. The lowest BCUT2D eigenvalue weighted by Crippen LogP contribution is -2.57. The Morgan fingerprint density at radius 2 is 1.94 bits per heavy atom. The van der Waals surface area contributed by atoms with Crippen molar-refractivity contribution in [2.24, 2.45) is 17.2 Å². The lowest BCUT2D eigenvalue weighted by atomic mass is 10.1. The molecule has 194 valence electrons. The first-order valence-electron chi connectivity index (χ1n) is 11.5. The average Bonchev–Trinajstić information content (AvgIpc) is 3.49. The van der Waals surface area contributed by atoms with Crippen molar-refractivity contribution in [1.29, 1.82) is 0 Å². The lowest BCUT2D eigenvalue weighted by molar-refractivity contribution is -0.146. The van der Waals surface area contributed by atoms with Crippen LogP contribution in [0.4, 0.5) is 0 Å². The molecule has 0 aliphatic carbocycles. The smallest absolute Gasteiger partial charge is 0.326 e. The quantitative estimate of drug-likeness (QED) is 0.133. The molecule has 1 aliphatic rings. The fraction of sp³-hybridized carbons (Fsp3) is 0.619. The van der Waals surface area contributed by atoms with Crippen LogP contribution in [0, 0.1) is 0 Å². The summed E-state index contributed by atoms with van der Waals surface area (Å²) in [5, 5.41) is 14.2. The molecular weight excluding hydrogens is 460 g/mol. The van der Waals surface area contributed by atoms with Crippen LogP contribution in [0.25, 0.3) is 0 Å². The van der Waals surface area contributed by atoms with Gasteiger partial charge in [0.25, 0.3) is 0 Å². The SMILES string of the molecule is NCCCCC(NC(=O)C(N)Cc1cnc[nH]1)C(=O)N1CCCC1C(=O)NC(CC(N)=O)C(=O)O. The maximum absolute atomic E-state index is 13.4. The van der Waals surface area contributed by atoms with Gasteiger partial charge in [-0.25, -0.2) is 9.78 Å². The number of hydrogen-bond donors (Lipinski definition) is 7. The maximum atomic E-state index is 13.4. The van der Waals surface area contributed by atoms with E-state index in [0.29, 0.717) is 44.3 Å². The van der Waals surface area contributed by atoms with Crippen LogP contribution in [0.1, 0.15) is 44.2 Å². The number of aliphatic carboxylic acids is 1. The van der Waals surface area contributed by atoms with Crippen molar-refractivity contribution >= 4 is 29.6 Å². The zero-order valence-electron chi connectivity index (χ0n) is 19.4. The van der Waals surface area contributed by atoms with Crippen molar-refractivity contribution in [2.75, 3.05) is 13.1 Å². The second-order valence-corrected chi connectivity index (χ2v) is 8.49. The van der Waals surface area contributed by atoms with Crippen LogP contribution in [-0.4, -0.2) is 86.8 Å². The van der Waals surface area contributed by atoms with Crippen LogP contribution in [0.3, 0.4) is 0 Å². The molecule has 0 spiro atoms. The molecule has 2 rings (SSSR count). The molecule has 4 unspecified atom stereocenters. The van der Waals surface area contributed by atoms with Gasteiger partial charge in [-0.1, -0.05) is 0 Å². The van der Waals surface area contributed by atoms with Crippen molar-refractivity contribution in [3.8, 4) is 0 Å². The van der Waals surface area contributed by atoms with Crippen molar-refractivity contribution in [2.45, 2.75) is 69.1 Å². The number of imidazole rings is 1. The molecule has 4 amide bonds. The van der Waals surface area contributed by atoms with E-state index in [9.17, 15) is 29.1 Å². The summed E-state index contributed by atoms with van der Waals surface area (Å²) in [4.78, 5) is 69.5. The van der Waals surface area contributed by atoms with E-state index >= 15 is 0 Å². The van der Waals surface area contributed by atoms with Crippen LogP contribution in [0.15, 0.2) is 12.5 Å². The van der Waals surface area contributed by atoms with E-state index in [1.54, 1.807) is 6.20 Å². The van der Waals surface area contributed by atoms with E-state index in [0.717, 1.165) is 0 Å². The van der Waals surface area contributed by atoms with E-state index in [1.165, 1.54) is 11.2 Å². The molecule has 0 aromatic carbocycles. The van der Waals surface area contributed by atoms with Gasteiger partial charge in [-0.3, -0.25) is 19.2 Å². The predicted octanol–water partition coefficient (Wildman–Crippen LogP) is -2.67. The Morgan fingerprint density at radius 1 is 1.20 bits per heavy atom. The first-order valence-corrected chi connectivity index (χ1v) is 11.5. The minimum absolute atomic E-state index is 0.195. The third-order valence-corrected chi connectivity index (χ3v) is 5.75. The fourth-order valence-corrected chi connectivity index (χ4v) is 3.93. The lowest BCUT2D eigenvalue weighted by Gasteiger charge is -2.30. The number of aromatic nitrogens is 2. The summed E-state index contributed by atoms with van der Waals surface area (Å²) in [6, 6.07) is -4.30. The number of aromatic amines is 1. The number of carbonyl (C=O) groups excluding carboxylic acids is 4. The van der Waals surface area contributed by atoms with Crippen molar-refractivity contribution in [3.63, 3.8) is 0 Å². The monoisotopic (exact) mass is 494 g/mol. The van der Waals surface area contributed by atoms with Gasteiger partial charge in [0.1, 0.15) is 18.1 Å². The highest BCUT2D eigenvalue weighted by atomic mass is 16.4.